The first kappa shape index (κ1) is 29.0. The van der Waals surface area contributed by atoms with Crippen LogP contribution in [0, 0.1) is 0 Å². The highest BCUT2D eigenvalue weighted by molar-refractivity contribution is 7.79. The number of ether oxygens (including phenoxy) is 1. The Balaban J connectivity index is 1.88. The second kappa shape index (κ2) is 10.5. The Morgan fingerprint density at radius 2 is 1.39 bits per heavy atom. The number of hydrogen-bond donors (Lipinski definition) is 4. The molecule has 2 saturated heterocycles. The van der Waals surface area contributed by atoms with Crippen LogP contribution < -0.4 is 10.6 Å². The SMILES string of the molecule is O=P(c1cccc(C(F)(F)F)c1)(c1cccc(C(F)(F)F)c1)[C@@H]1CCCN1[C@@H]1O[C@H](CO)[C@@H](O)[C@H](O)[C@H]1O. The summed E-state index contributed by atoms with van der Waals surface area (Å²) in [7, 11) is -4.35. The van der Waals surface area contributed by atoms with Crippen molar-refractivity contribution in [1.29, 1.82) is 0 Å². The van der Waals surface area contributed by atoms with Crippen LogP contribution in [-0.2, 0) is 21.7 Å². The van der Waals surface area contributed by atoms with Crippen molar-refractivity contribution in [1.82, 2.24) is 4.90 Å². The van der Waals surface area contributed by atoms with Crippen molar-refractivity contribution < 1.29 is 56.1 Å². The minimum absolute atomic E-state index is 0.0544. The molecule has 0 unspecified atom stereocenters. The molecule has 0 radical (unpaired) electrons. The van der Waals surface area contributed by atoms with Gasteiger partial charge >= 0.3 is 12.4 Å². The van der Waals surface area contributed by atoms with Crippen molar-refractivity contribution in [2.24, 2.45) is 0 Å². The zero-order chi connectivity index (χ0) is 28.0. The number of nitrogens with zero attached hydrogens (tertiary/aromatic N) is 1. The van der Waals surface area contributed by atoms with E-state index in [0.29, 0.717) is 18.6 Å². The van der Waals surface area contributed by atoms with E-state index >= 15 is 0 Å². The van der Waals surface area contributed by atoms with Crippen molar-refractivity contribution in [3.05, 3.63) is 59.7 Å². The van der Waals surface area contributed by atoms with Gasteiger partial charge in [-0.05, 0) is 37.1 Å². The second-order valence-electron chi connectivity index (χ2n) is 9.33. The quantitative estimate of drug-likeness (QED) is 0.323. The minimum Gasteiger partial charge on any atom is -0.394 e. The Labute approximate surface area is 213 Å². The molecule has 4 rings (SSSR count). The van der Waals surface area contributed by atoms with Gasteiger partial charge in [-0.15, -0.1) is 0 Å². The Bertz CT molecular complexity index is 1130. The highest BCUT2D eigenvalue weighted by Gasteiger charge is 2.52. The lowest BCUT2D eigenvalue weighted by atomic mass is 9.98. The van der Waals surface area contributed by atoms with Crippen molar-refractivity contribution in [3.63, 3.8) is 0 Å². The maximum Gasteiger partial charge on any atom is 0.416 e. The number of alkyl halides is 6. The molecular weight excluding hydrogens is 543 g/mol. The number of halogens is 6. The fourth-order valence-corrected chi connectivity index (χ4v) is 8.56. The molecule has 38 heavy (non-hydrogen) atoms. The van der Waals surface area contributed by atoms with Crippen LogP contribution in [0.25, 0.3) is 0 Å². The van der Waals surface area contributed by atoms with E-state index in [1.807, 2.05) is 0 Å². The van der Waals surface area contributed by atoms with Crippen molar-refractivity contribution in [2.45, 2.75) is 61.6 Å². The Kier molecular flexibility index (Phi) is 8.04. The summed E-state index contributed by atoms with van der Waals surface area (Å²) >= 11 is 0. The molecule has 0 aliphatic carbocycles. The lowest BCUT2D eigenvalue weighted by molar-refractivity contribution is -0.264. The predicted molar refractivity (Wildman–Crippen MR) is 123 cm³/mol. The highest BCUT2D eigenvalue weighted by Crippen LogP contribution is 2.55. The van der Waals surface area contributed by atoms with Crippen LogP contribution in [0.2, 0.25) is 0 Å². The molecule has 0 saturated carbocycles. The van der Waals surface area contributed by atoms with Gasteiger partial charge in [-0.3, -0.25) is 4.90 Å². The van der Waals surface area contributed by atoms with Crippen molar-refractivity contribution in [3.8, 4) is 0 Å². The van der Waals surface area contributed by atoms with E-state index in [0.717, 1.165) is 36.4 Å². The number of aliphatic hydroxyl groups excluding tert-OH is 4. The first-order valence-electron chi connectivity index (χ1n) is 11.7. The van der Waals surface area contributed by atoms with Crippen LogP contribution in [-0.4, -0.2) is 74.9 Å². The number of rotatable bonds is 5. The molecular formula is C24H26F6NO6P. The molecule has 2 aliphatic heterocycles. The summed E-state index contributed by atoms with van der Waals surface area (Å²) in [4.78, 5) is 1.32. The first-order chi connectivity index (χ1) is 17.7. The fraction of sp³-hybridized carbons (Fsp3) is 0.500. The molecule has 6 atom stereocenters. The molecule has 2 fully saturated rings. The van der Waals surface area contributed by atoms with Gasteiger partial charge in [0.15, 0.2) is 7.14 Å². The summed E-state index contributed by atoms with van der Waals surface area (Å²) in [5.41, 5.74) is -2.28. The van der Waals surface area contributed by atoms with E-state index in [1.54, 1.807) is 0 Å². The number of aliphatic hydroxyl groups is 4. The Hall–Kier alpha value is -1.99. The zero-order valence-corrected chi connectivity index (χ0v) is 20.6. The monoisotopic (exact) mass is 569 g/mol. The standard InChI is InChI=1S/C24H26F6NO6P/c25-23(26,27)13-4-1-6-15(10-13)38(36,16-7-2-5-14(11-16)24(28,29)30)18-8-3-9-31(18)22-21(35)20(34)19(33)17(12-32)37-22/h1-2,4-7,10-11,17-22,32-35H,3,8-9,12H2/t17-,18-,19-,20+,21-,22-/m1/s1. The molecule has 0 spiro atoms. The maximum absolute atomic E-state index is 15.0. The van der Waals surface area contributed by atoms with Crippen LogP contribution in [0.15, 0.2) is 48.5 Å². The smallest absolute Gasteiger partial charge is 0.394 e. The summed E-state index contributed by atoms with van der Waals surface area (Å²) in [5.74, 6) is -1.23. The summed E-state index contributed by atoms with van der Waals surface area (Å²) in [5, 5.41) is 39.9. The van der Waals surface area contributed by atoms with Gasteiger partial charge in [-0.2, -0.15) is 26.3 Å². The van der Waals surface area contributed by atoms with E-state index in [2.05, 4.69) is 0 Å². The van der Waals surface area contributed by atoms with Crippen LogP contribution >= 0.6 is 7.14 Å². The van der Waals surface area contributed by atoms with E-state index in [-0.39, 0.29) is 23.6 Å². The third kappa shape index (κ3) is 5.25. The summed E-state index contributed by atoms with van der Waals surface area (Å²) in [6.45, 7) is -0.686. The van der Waals surface area contributed by atoms with Crippen LogP contribution in [0.5, 0.6) is 0 Å². The molecule has 2 aliphatic rings. The molecule has 0 amide bonds. The van der Waals surface area contributed by atoms with E-state index in [4.69, 9.17) is 4.74 Å². The first-order valence-corrected chi connectivity index (χ1v) is 13.5. The zero-order valence-electron chi connectivity index (χ0n) is 19.7. The number of benzene rings is 2. The number of hydrogen-bond acceptors (Lipinski definition) is 7. The summed E-state index contributed by atoms with van der Waals surface area (Å²) in [6, 6.07) is 7.14. The molecule has 2 heterocycles. The van der Waals surface area contributed by atoms with Gasteiger partial charge in [-0.25, -0.2) is 0 Å². The third-order valence-electron chi connectivity index (χ3n) is 6.99. The van der Waals surface area contributed by atoms with Crippen LogP contribution in [0.3, 0.4) is 0 Å². The Morgan fingerprint density at radius 1 is 0.868 bits per heavy atom. The third-order valence-corrected chi connectivity index (χ3v) is 10.5. The van der Waals surface area contributed by atoms with Gasteiger partial charge in [0.2, 0.25) is 0 Å². The topological polar surface area (TPSA) is 110 Å². The predicted octanol–water partition coefficient (Wildman–Crippen LogP) is 2.26. The summed E-state index contributed by atoms with van der Waals surface area (Å²) in [6.07, 6.45) is -17.3. The largest absolute Gasteiger partial charge is 0.416 e. The molecule has 2 aromatic rings. The number of likely N-dealkylation sites (tertiary alicyclic amines) is 1. The molecule has 4 N–H and O–H groups in total. The second-order valence-corrected chi connectivity index (χ2v) is 12.3. The maximum atomic E-state index is 15.0. The van der Waals surface area contributed by atoms with E-state index in [9.17, 15) is 51.3 Å². The molecule has 0 bridgehead atoms. The average Bonchev–Trinajstić information content (AvgIpc) is 3.36. The van der Waals surface area contributed by atoms with Crippen molar-refractivity contribution in [2.75, 3.05) is 13.2 Å². The normalized spacial score (nSPS) is 29.5. The lowest BCUT2D eigenvalue weighted by Gasteiger charge is -2.46. The molecule has 0 aromatic heterocycles. The molecule has 210 valence electrons. The van der Waals surface area contributed by atoms with Gasteiger partial charge in [0.05, 0.1) is 23.5 Å². The Morgan fingerprint density at radius 3 is 1.87 bits per heavy atom. The van der Waals surface area contributed by atoms with Gasteiger partial charge < -0.3 is 29.7 Å². The highest BCUT2D eigenvalue weighted by atomic mass is 31.2. The van der Waals surface area contributed by atoms with Gasteiger partial charge in [0, 0.05) is 17.2 Å². The lowest BCUT2D eigenvalue weighted by Crippen LogP contribution is -2.64. The van der Waals surface area contributed by atoms with Crippen LogP contribution in [0.4, 0.5) is 26.3 Å². The molecule has 7 nitrogen and oxygen atoms in total. The van der Waals surface area contributed by atoms with E-state index in [1.165, 1.54) is 4.90 Å². The molecule has 14 heteroatoms. The van der Waals surface area contributed by atoms with Gasteiger partial charge in [0.1, 0.15) is 30.6 Å². The van der Waals surface area contributed by atoms with Gasteiger partial charge in [-0.1, -0.05) is 24.3 Å². The van der Waals surface area contributed by atoms with Crippen molar-refractivity contribution >= 4 is 17.8 Å². The van der Waals surface area contributed by atoms with Crippen LogP contribution in [0.1, 0.15) is 24.0 Å². The minimum atomic E-state index is -4.82. The molecule has 2 aromatic carbocycles. The van der Waals surface area contributed by atoms with E-state index < -0.39 is 73.7 Å². The summed E-state index contributed by atoms with van der Waals surface area (Å²) < 4.78 is 102. The fourth-order valence-electron chi connectivity index (χ4n) is 5.09. The average molecular weight is 569 g/mol. The van der Waals surface area contributed by atoms with Gasteiger partial charge in [0.25, 0.3) is 0 Å².